The van der Waals surface area contributed by atoms with Gasteiger partial charge in [0.2, 0.25) is 0 Å². The fourth-order valence-electron chi connectivity index (χ4n) is 1.60. The number of nitrogens with zero attached hydrogens (tertiary/aromatic N) is 2. The summed E-state index contributed by atoms with van der Waals surface area (Å²) in [6.07, 6.45) is 3.33. The molecule has 3 rings (SSSR count). The Labute approximate surface area is 116 Å². The van der Waals surface area contributed by atoms with E-state index in [2.05, 4.69) is 25.9 Å². The van der Waals surface area contributed by atoms with E-state index in [4.69, 9.17) is 10.5 Å². The van der Waals surface area contributed by atoms with Gasteiger partial charge in [-0.2, -0.15) is 0 Å². The summed E-state index contributed by atoms with van der Waals surface area (Å²) in [4.78, 5) is 8.26. The Balaban J connectivity index is 2.02. The summed E-state index contributed by atoms with van der Waals surface area (Å²) in [6, 6.07) is 5.62. The van der Waals surface area contributed by atoms with Crippen molar-refractivity contribution in [1.29, 1.82) is 0 Å². The van der Waals surface area contributed by atoms with Gasteiger partial charge in [-0.1, -0.05) is 0 Å². The fourth-order valence-corrected chi connectivity index (χ4v) is 2.63. The average molecular weight is 322 g/mol. The molecular formula is C12H8BrN3OS. The van der Waals surface area contributed by atoms with Crippen molar-refractivity contribution in [3.63, 3.8) is 0 Å². The Morgan fingerprint density at radius 3 is 3.00 bits per heavy atom. The van der Waals surface area contributed by atoms with Crippen LogP contribution >= 0.6 is 27.3 Å². The number of hydrogen-bond acceptors (Lipinski definition) is 5. The van der Waals surface area contributed by atoms with Gasteiger partial charge < -0.3 is 10.5 Å². The SMILES string of the molecule is Nc1c(Oc2cncc(Br)c2)ccc2scnc12. The Kier molecular flexibility index (Phi) is 2.89. The maximum Gasteiger partial charge on any atom is 0.152 e. The number of thiazole rings is 1. The molecule has 2 N–H and O–H groups in total. The van der Waals surface area contributed by atoms with Crippen molar-refractivity contribution in [1.82, 2.24) is 9.97 Å². The lowest BCUT2D eigenvalue weighted by molar-refractivity contribution is 0.483. The van der Waals surface area contributed by atoms with Gasteiger partial charge in [0.15, 0.2) is 5.75 Å². The number of hydrogen-bond donors (Lipinski definition) is 1. The van der Waals surface area contributed by atoms with Crippen LogP contribution in [0.5, 0.6) is 11.5 Å². The molecule has 0 aliphatic carbocycles. The first-order valence-corrected chi connectivity index (χ1v) is 6.81. The van der Waals surface area contributed by atoms with E-state index in [1.165, 1.54) is 0 Å². The molecule has 0 saturated carbocycles. The summed E-state index contributed by atoms with van der Waals surface area (Å²) in [6.45, 7) is 0. The largest absolute Gasteiger partial charge is 0.453 e. The van der Waals surface area contributed by atoms with E-state index in [0.29, 0.717) is 17.2 Å². The number of anilines is 1. The summed E-state index contributed by atoms with van der Waals surface area (Å²) in [5, 5.41) is 0. The highest BCUT2D eigenvalue weighted by Crippen LogP contribution is 2.34. The molecular weight excluding hydrogens is 314 g/mol. The number of nitrogens with two attached hydrogens (primary N) is 1. The fraction of sp³-hybridized carbons (Fsp3) is 0. The predicted molar refractivity (Wildman–Crippen MR) is 76.0 cm³/mol. The van der Waals surface area contributed by atoms with Crippen LogP contribution in [0, 0.1) is 0 Å². The van der Waals surface area contributed by atoms with Crippen LogP contribution in [-0.4, -0.2) is 9.97 Å². The van der Waals surface area contributed by atoms with Crippen molar-refractivity contribution in [2.45, 2.75) is 0 Å². The first-order chi connectivity index (χ1) is 8.74. The van der Waals surface area contributed by atoms with Gasteiger partial charge in [0.05, 0.1) is 16.4 Å². The third-order valence-electron chi connectivity index (χ3n) is 2.41. The van der Waals surface area contributed by atoms with Gasteiger partial charge in [-0.3, -0.25) is 4.98 Å². The maximum atomic E-state index is 6.04. The molecule has 0 aliphatic heterocycles. The number of ether oxygens (including phenoxy) is 1. The number of halogens is 1. The molecule has 4 nitrogen and oxygen atoms in total. The van der Waals surface area contributed by atoms with Crippen molar-refractivity contribution < 1.29 is 4.74 Å². The number of benzene rings is 1. The highest BCUT2D eigenvalue weighted by Gasteiger charge is 2.09. The van der Waals surface area contributed by atoms with Gasteiger partial charge in [0, 0.05) is 10.7 Å². The van der Waals surface area contributed by atoms with Gasteiger partial charge in [-0.25, -0.2) is 4.98 Å². The van der Waals surface area contributed by atoms with Crippen LogP contribution in [0.15, 0.2) is 40.6 Å². The molecule has 0 radical (unpaired) electrons. The number of rotatable bonds is 2. The van der Waals surface area contributed by atoms with Crippen LogP contribution in [-0.2, 0) is 0 Å². The smallest absolute Gasteiger partial charge is 0.152 e. The van der Waals surface area contributed by atoms with Crippen molar-refractivity contribution in [2.24, 2.45) is 0 Å². The quantitative estimate of drug-likeness (QED) is 0.729. The zero-order chi connectivity index (χ0) is 12.5. The molecule has 6 heteroatoms. The second-order valence-electron chi connectivity index (χ2n) is 3.62. The third-order valence-corrected chi connectivity index (χ3v) is 3.64. The first kappa shape index (κ1) is 11.4. The number of aromatic nitrogens is 2. The van der Waals surface area contributed by atoms with E-state index in [0.717, 1.165) is 14.7 Å². The van der Waals surface area contributed by atoms with E-state index in [1.54, 1.807) is 29.2 Å². The van der Waals surface area contributed by atoms with Crippen molar-refractivity contribution in [3.05, 3.63) is 40.6 Å². The van der Waals surface area contributed by atoms with E-state index < -0.39 is 0 Å². The molecule has 18 heavy (non-hydrogen) atoms. The van der Waals surface area contributed by atoms with Crippen molar-refractivity contribution in [2.75, 3.05) is 5.73 Å². The Bertz CT molecular complexity index is 713. The van der Waals surface area contributed by atoms with Gasteiger partial charge in [-0.15, -0.1) is 11.3 Å². The number of nitrogen functional groups attached to an aromatic ring is 1. The molecule has 2 aromatic heterocycles. The van der Waals surface area contributed by atoms with Crippen molar-refractivity contribution in [3.8, 4) is 11.5 Å². The number of pyridine rings is 1. The standard InChI is InChI=1S/C12H8BrN3OS/c13-7-3-8(5-15-4-7)17-9-1-2-10-12(11(9)14)16-6-18-10/h1-6H,14H2. The summed E-state index contributed by atoms with van der Waals surface area (Å²) >= 11 is 4.90. The highest BCUT2D eigenvalue weighted by atomic mass is 79.9. The van der Waals surface area contributed by atoms with Crippen LogP contribution in [0.4, 0.5) is 5.69 Å². The molecule has 1 aromatic carbocycles. The van der Waals surface area contributed by atoms with Gasteiger partial charge in [0.1, 0.15) is 17.0 Å². The minimum atomic E-state index is 0.550. The lowest BCUT2D eigenvalue weighted by Crippen LogP contribution is -1.93. The molecule has 0 bridgehead atoms. The maximum absolute atomic E-state index is 6.04. The minimum Gasteiger partial charge on any atom is -0.453 e. The van der Waals surface area contributed by atoms with Crippen LogP contribution in [0.25, 0.3) is 10.2 Å². The van der Waals surface area contributed by atoms with Gasteiger partial charge >= 0.3 is 0 Å². The molecule has 90 valence electrons. The zero-order valence-electron chi connectivity index (χ0n) is 9.13. The summed E-state index contributed by atoms with van der Waals surface area (Å²) in [5.41, 5.74) is 9.13. The molecule has 0 atom stereocenters. The summed E-state index contributed by atoms with van der Waals surface area (Å²) in [7, 11) is 0. The van der Waals surface area contributed by atoms with Gasteiger partial charge in [0.25, 0.3) is 0 Å². The predicted octanol–water partition coefficient (Wildman–Crippen LogP) is 3.83. The lowest BCUT2D eigenvalue weighted by atomic mass is 10.2. The Morgan fingerprint density at radius 2 is 2.17 bits per heavy atom. The normalized spacial score (nSPS) is 10.7. The monoisotopic (exact) mass is 321 g/mol. The highest BCUT2D eigenvalue weighted by molar-refractivity contribution is 9.10. The lowest BCUT2D eigenvalue weighted by Gasteiger charge is -2.08. The first-order valence-electron chi connectivity index (χ1n) is 5.14. The third kappa shape index (κ3) is 2.04. The van der Waals surface area contributed by atoms with Gasteiger partial charge in [-0.05, 0) is 34.1 Å². The van der Waals surface area contributed by atoms with E-state index in [1.807, 2.05) is 18.2 Å². The molecule has 2 heterocycles. The van der Waals surface area contributed by atoms with Crippen LogP contribution in [0.2, 0.25) is 0 Å². The molecule has 0 saturated heterocycles. The van der Waals surface area contributed by atoms with Crippen LogP contribution in [0.3, 0.4) is 0 Å². The molecule has 0 fully saturated rings. The Hall–Kier alpha value is -1.66. The second kappa shape index (κ2) is 4.55. The van der Waals surface area contributed by atoms with Crippen LogP contribution in [0.1, 0.15) is 0 Å². The van der Waals surface area contributed by atoms with Crippen molar-refractivity contribution >= 4 is 43.2 Å². The van der Waals surface area contributed by atoms with E-state index >= 15 is 0 Å². The summed E-state index contributed by atoms with van der Waals surface area (Å²) in [5.74, 6) is 1.22. The minimum absolute atomic E-state index is 0.550. The Morgan fingerprint density at radius 1 is 1.28 bits per heavy atom. The molecule has 0 amide bonds. The van der Waals surface area contributed by atoms with Crippen LogP contribution < -0.4 is 10.5 Å². The van der Waals surface area contributed by atoms with E-state index in [-0.39, 0.29) is 0 Å². The molecule has 0 unspecified atom stereocenters. The zero-order valence-corrected chi connectivity index (χ0v) is 11.5. The molecule has 0 aliphatic rings. The summed E-state index contributed by atoms with van der Waals surface area (Å²) < 4.78 is 7.62. The molecule has 0 spiro atoms. The second-order valence-corrected chi connectivity index (χ2v) is 5.42. The topological polar surface area (TPSA) is 61.0 Å². The molecule has 3 aromatic rings. The average Bonchev–Trinajstić information content (AvgIpc) is 2.82. The van der Waals surface area contributed by atoms with E-state index in [9.17, 15) is 0 Å². The number of fused-ring (bicyclic) bond motifs is 1.